The molecular formula is C10H7BrF3N3O. The zero-order chi connectivity index (χ0) is 13.1. The molecule has 0 aliphatic carbocycles. The summed E-state index contributed by atoms with van der Waals surface area (Å²) in [4.78, 5) is 3.82. The largest absolute Gasteiger partial charge is 0.424 e. The number of benzene rings is 1. The number of hydrogen-bond donors (Lipinski definition) is 0. The van der Waals surface area contributed by atoms with E-state index in [9.17, 15) is 13.2 Å². The zero-order valence-corrected chi connectivity index (χ0v) is 10.5. The van der Waals surface area contributed by atoms with Crippen LogP contribution in [-0.4, -0.2) is 21.4 Å². The molecule has 0 fully saturated rings. The van der Waals surface area contributed by atoms with Gasteiger partial charge in [0.1, 0.15) is 24.1 Å². The van der Waals surface area contributed by atoms with Gasteiger partial charge in [-0.05, 0) is 15.9 Å². The van der Waals surface area contributed by atoms with E-state index in [1.165, 1.54) is 0 Å². The molecule has 0 bridgehead atoms. The van der Waals surface area contributed by atoms with Crippen LogP contribution < -0.4 is 4.74 Å². The van der Waals surface area contributed by atoms with E-state index in [0.29, 0.717) is 0 Å². The fourth-order valence-electron chi connectivity index (χ4n) is 1.30. The van der Waals surface area contributed by atoms with Gasteiger partial charge in [-0.3, -0.25) is 0 Å². The van der Waals surface area contributed by atoms with Gasteiger partial charge in [-0.2, -0.15) is 4.98 Å². The maximum absolute atomic E-state index is 13.0. The van der Waals surface area contributed by atoms with Crippen LogP contribution in [0, 0.1) is 11.6 Å². The molecule has 0 saturated carbocycles. The van der Waals surface area contributed by atoms with Crippen molar-refractivity contribution in [3.05, 3.63) is 34.6 Å². The molecular weight excluding hydrogens is 315 g/mol. The lowest BCUT2D eigenvalue weighted by Crippen LogP contribution is -2.04. The Morgan fingerprint density at radius 3 is 2.50 bits per heavy atom. The van der Waals surface area contributed by atoms with Gasteiger partial charge in [-0.15, -0.1) is 5.10 Å². The molecule has 4 nitrogen and oxygen atoms in total. The number of alkyl halides is 1. The third-order valence-corrected chi connectivity index (χ3v) is 2.29. The summed E-state index contributed by atoms with van der Waals surface area (Å²) in [5.41, 5.74) is 0. The molecule has 18 heavy (non-hydrogen) atoms. The molecule has 0 atom stereocenters. The lowest BCUT2D eigenvalue weighted by molar-refractivity contribution is 0.360. The minimum atomic E-state index is -0.777. The fourth-order valence-corrected chi connectivity index (χ4v) is 1.64. The van der Waals surface area contributed by atoms with Crippen LogP contribution in [0.3, 0.4) is 0 Å². The first-order chi connectivity index (χ1) is 8.58. The summed E-state index contributed by atoms with van der Waals surface area (Å²) in [5.74, 6) is -1.63. The predicted octanol–water partition coefficient (Wildman–Crippen LogP) is 3.08. The average molecular weight is 322 g/mol. The first-order valence-electron chi connectivity index (χ1n) is 4.89. The Kier molecular flexibility index (Phi) is 3.85. The van der Waals surface area contributed by atoms with Crippen LogP contribution in [0.5, 0.6) is 11.8 Å². The topological polar surface area (TPSA) is 39.9 Å². The van der Waals surface area contributed by atoms with Crippen LogP contribution >= 0.6 is 15.9 Å². The molecule has 1 heterocycles. The highest BCUT2D eigenvalue weighted by Crippen LogP contribution is 2.23. The SMILES string of the molecule is FCCn1nc(Br)nc1Oc1cc(F)cc(F)c1. The third kappa shape index (κ3) is 3.00. The lowest BCUT2D eigenvalue weighted by Gasteiger charge is -2.05. The van der Waals surface area contributed by atoms with Crippen LogP contribution in [0.25, 0.3) is 0 Å². The van der Waals surface area contributed by atoms with Gasteiger partial charge in [-0.25, -0.2) is 17.9 Å². The van der Waals surface area contributed by atoms with Crippen molar-refractivity contribution < 1.29 is 17.9 Å². The molecule has 2 aromatic rings. The standard InChI is InChI=1S/C10H7BrF3N3O/c11-9-15-10(17(16-9)2-1-12)18-8-4-6(13)3-7(14)5-8/h3-5H,1-2H2. The van der Waals surface area contributed by atoms with Gasteiger partial charge in [0.05, 0.1) is 6.54 Å². The number of ether oxygens (including phenoxy) is 1. The number of nitrogens with zero attached hydrogens (tertiary/aromatic N) is 3. The fraction of sp³-hybridized carbons (Fsp3) is 0.200. The first-order valence-corrected chi connectivity index (χ1v) is 5.68. The Hall–Kier alpha value is -1.57. The van der Waals surface area contributed by atoms with E-state index in [1.54, 1.807) is 0 Å². The third-order valence-electron chi connectivity index (χ3n) is 1.95. The molecule has 8 heteroatoms. The minimum Gasteiger partial charge on any atom is -0.424 e. The van der Waals surface area contributed by atoms with Crippen LogP contribution in [0.15, 0.2) is 22.9 Å². The van der Waals surface area contributed by atoms with Crippen molar-refractivity contribution in [3.8, 4) is 11.8 Å². The molecule has 0 unspecified atom stereocenters. The summed E-state index contributed by atoms with van der Waals surface area (Å²) in [6.07, 6.45) is 0. The summed E-state index contributed by atoms with van der Waals surface area (Å²) < 4.78 is 44.7. The van der Waals surface area contributed by atoms with Crippen LogP contribution in [0.1, 0.15) is 0 Å². The molecule has 0 aliphatic rings. The van der Waals surface area contributed by atoms with Crippen molar-refractivity contribution in [2.75, 3.05) is 6.67 Å². The second-order valence-corrected chi connectivity index (χ2v) is 3.99. The first kappa shape index (κ1) is 12.9. The van der Waals surface area contributed by atoms with E-state index in [2.05, 4.69) is 26.0 Å². The molecule has 1 aromatic heterocycles. The van der Waals surface area contributed by atoms with Crippen LogP contribution in [-0.2, 0) is 6.54 Å². The van der Waals surface area contributed by atoms with Gasteiger partial charge in [0.25, 0.3) is 0 Å². The molecule has 0 saturated heterocycles. The molecule has 0 N–H and O–H groups in total. The molecule has 0 spiro atoms. The highest BCUT2D eigenvalue weighted by atomic mass is 79.9. The van der Waals surface area contributed by atoms with Gasteiger partial charge in [0.2, 0.25) is 4.73 Å². The van der Waals surface area contributed by atoms with Gasteiger partial charge in [0.15, 0.2) is 0 Å². The number of hydrogen-bond acceptors (Lipinski definition) is 3. The normalized spacial score (nSPS) is 10.7. The van der Waals surface area contributed by atoms with E-state index in [4.69, 9.17) is 4.74 Å². The second-order valence-electron chi connectivity index (χ2n) is 3.28. The van der Waals surface area contributed by atoms with Crippen LogP contribution in [0.4, 0.5) is 13.2 Å². The van der Waals surface area contributed by atoms with Crippen molar-refractivity contribution in [1.82, 2.24) is 14.8 Å². The highest BCUT2D eigenvalue weighted by molar-refractivity contribution is 9.10. The van der Waals surface area contributed by atoms with Crippen molar-refractivity contribution in [2.24, 2.45) is 0 Å². The summed E-state index contributed by atoms with van der Waals surface area (Å²) in [7, 11) is 0. The molecule has 0 aliphatic heterocycles. The van der Waals surface area contributed by atoms with Gasteiger partial charge in [0, 0.05) is 18.2 Å². The molecule has 2 rings (SSSR count). The minimum absolute atomic E-state index is 0.0514. The maximum atomic E-state index is 13.0. The Morgan fingerprint density at radius 2 is 1.89 bits per heavy atom. The summed E-state index contributed by atoms with van der Waals surface area (Å²) >= 11 is 3.00. The smallest absolute Gasteiger partial charge is 0.321 e. The summed E-state index contributed by atoms with van der Waals surface area (Å²) in [6.45, 7) is -0.727. The molecule has 96 valence electrons. The lowest BCUT2D eigenvalue weighted by atomic mass is 10.3. The quantitative estimate of drug-likeness (QED) is 0.868. The van der Waals surface area contributed by atoms with Gasteiger partial charge in [-0.1, -0.05) is 0 Å². The second kappa shape index (κ2) is 5.38. The maximum Gasteiger partial charge on any atom is 0.321 e. The van der Waals surface area contributed by atoms with E-state index in [-0.39, 0.29) is 23.0 Å². The Balaban J connectivity index is 2.27. The molecule has 0 radical (unpaired) electrons. The van der Waals surface area contributed by atoms with Crippen molar-refractivity contribution >= 4 is 15.9 Å². The Labute approximate surface area is 109 Å². The number of rotatable bonds is 4. The Bertz CT molecular complexity index is 541. The highest BCUT2D eigenvalue weighted by Gasteiger charge is 2.11. The summed E-state index contributed by atoms with van der Waals surface area (Å²) in [6, 6.07) is 2.65. The van der Waals surface area contributed by atoms with Crippen molar-refractivity contribution in [3.63, 3.8) is 0 Å². The predicted molar refractivity (Wildman–Crippen MR) is 60.1 cm³/mol. The number of halogens is 4. The summed E-state index contributed by atoms with van der Waals surface area (Å²) in [5, 5.41) is 3.81. The van der Waals surface area contributed by atoms with Crippen LogP contribution in [0.2, 0.25) is 0 Å². The van der Waals surface area contributed by atoms with E-state index in [0.717, 1.165) is 22.9 Å². The van der Waals surface area contributed by atoms with Crippen molar-refractivity contribution in [2.45, 2.75) is 6.54 Å². The van der Waals surface area contributed by atoms with Gasteiger partial charge >= 0.3 is 6.01 Å². The average Bonchev–Trinajstić information content (AvgIpc) is 2.58. The Morgan fingerprint density at radius 1 is 1.22 bits per heavy atom. The van der Waals surface area contributed by atoms with E-state index in [1.807, 2.05) is 0 Å². The number of aromatic nitrogens is 3. The van der Waals surface area contributed by atoms with E-state index < -0.39 is 18.3 Å². The monoisotopic (exact) mass is 321 g/mol. The molecule has 1 aromatic carbocycles. The van der Waals surface area contributed by atoms with E-state index >= 15 is 0 Å². The zero-order valence-electron chi connectivity index (χ0n) is 8.91. The molecule has 0 amide bonds. The number of aryl methyl sites for hydroxylation is 1. The van der Waals surface area contributed by atoms with Crippen molar-refractivity contribution in [1.29, 1.82) is 0 Å². The van der Waals surface area contributed by atoms with Gasteiger partial charge < -0.3 is 4.74 Å².